The third kappa shape index (κ3) is 7.37. The van der Waals surface area contributed by atoms with Gasteiger partial charge in [0.05, 0.1) is 10.0 Å². The minimum atomic E-state index is -0.555. The molecule has 0 spiro atoms. The molecule has 1 unspecified atom stereocenters. The van der Waals surface area contributed by atoms with Gasteiger partial charge in [-0.15, -0.1) is 0 Å². The zero-order valence-electron chi connectivity index (χ0n) is 19.0. The lowest BCUT2D eigenvalue weighted by Crippen LogP contribution is -2.51. The highest BCUT2D eigenvalue weighted by atomic mass is 35.5. The van der Waals surface area contributed by atoms with Gasteiger partial charge in [0, 0.05) is 24.0 Å². The van der Waals surface area contributed by atoms with E-state index in [0.29, 0.717) is 27.9 Å². The predicted molar refractivity (Wildman–Crippen MR) is 136 cm³/mol. The minimum absolute atomic E-state index is 0.0875. The summed E-state index contributed by atoms with van der Waals surface area (Å²) in [6.07, 6.45) is 6.77. The molecule has 1 saturated carbocycles. The summed E-state index contributed by atoms with van der Waals surface area (Å²) in [5, 5.41) is 4.72. The van der Waals surface area contributed by atoms with Gasteiger partial charge < -0.3 is 10.2 Å². The SMILES string of the molecule is CCC(C(=O)NC1CCCCC1)N(Cc1ccc(Cl)c(Cl)c1)C(=O)CCc1ccccc1Cl. The Kier molecular flexibility index (Phi) is 9.91. The van der Waals surface area contributed by atoms with Crippen LogP contribution < -0.4 is 5.32 Å². The molecule has 0 bridgehead atoms. The van der Waals surface area contributed by atoms with Crippen LogP contribution in [0.3, 0.4) is 0 Å². The maximum absolute atomic E-state index is 13.4. The summed E-state index contributed by atoms with van der Waals surface area (Å²) in [7, 11) is 0. The van der Waals surface area contributed by atoms with E-state index in [1.165, 1.54) is 6.42 Å². The number of carbonyl (C=O) groups is 2. The van der Waals surface area contributed by atoms with Crippen LogP contribution in [0, 0.1) is 0 Å². The average molecular weight is 510 g/mol. The topological polar surface area (TPSA) is 49.4 Å². The first-order chi connectivity index (χ1) is 15.9. The van der Waals surface area contributed by atoms with E-state index in [1.54, 1.807) is 17.0 Å². The molecular formula is C26H31Cl3N2O2. The Hall–Kier alpha value is -1.75. The van der Waals surface area contributed by atoms with Crippen LogP contribution in [0.2, 0.25) is 15.1 Å². The van der Waals surface area contributed by atoms with Crippen LogP contribution in [0.4, 0.5) is 0 Å². The number of nitrogens with one attached hydrogen (secondary N) is 1. The van der Waals surface area contributed by atoms with Gasteiger partial charge in [-0.2, -0.15) is 0 Å². The molecule has 2 aromatic carbocycles. The molecule has 2 aromatic rings. The third-order valence-corrected chi connectivity index (χ3v) is 7.35. The fraction of sp³-hybridized carbons (Fsp3) is 0.462. The number of amides is 2. The van der Waals surface area contributed by atoms with E-state index in [-0.39, 0.29) is 30.8 Å². The molecule has 0 aliphatic heterocycles. The molecule has 33 heavy (non-hydrogen) atoms. The Balaban J connectivity index is 1.78. The van der Waals surface area contributed by atoms with E-state index in [1.807, 2.05) is 37.3 Å². The highest BCUT2D eigenvalue weighted by Gasteiger charge is 2.30. The summed E-state index contributed by atoms with van der Waals surface area (Å²) in [4.78, 5) is 28.4. The molecule has 0 aromatic heterocycles. The van der Waals surface area contributed by atoms with Crippen molar-refractivity contribution in [2.45, 2.75) is 76.9 Å². The number of benzene rings is 2. The number of rotatable bonds is 9. The molecule has 4 nitrogen and oxygen atoms in total. The fourth-order valence-electron chi connectivity index (χ4n) is 4.38. The van der Waals surface area contributed by atoms with Gasteiger partial charge in [0.2, 0.25) is 11.8 Å². The number of aryl methyl sites for hydroxylation is 1. The average Bonchev–Trinajstić information content (AvgIpc) is 2.81. The highest BCUT2D eigenvalue weighted by Crippen LogP contribution is 2.25. The summed E-state index contributed by atoms with van der Waals surface area (Å²) in [5.41, 5.74) is 1.75. The summed E-state index contributed by atoms with van der Waals surface area (Å²) >= 11 is 18.6. The quantitative estimate of drug-likeness (QED) is 0.402. The maximum Gasteiger partial charge on any atom is 0.243 e. The molecule has 1 atom stereocenters. The van der Waals surface area contributed by atoms with Gasteiger partial charge in [0.1, 0.15) is 6.04 Å². The summed E-state index contributed by atoms with van der Waals surface area (Å²) in [5.74, 6) is -0.179. The zero-order valence-corrected chi connectivity index (χ0v) is 21.2. The van der Waals surface area contributed by atoms with Gasteiger partial charge in [-0.1, -0.05) is 85.3 Å². The Morgan fingerprint density at radius 1 is 1.00 bits per heavy atom. The van der Waals surface area contributed by atoms with Crippen LogP contribution in [0.5, 0.6) is 0 Å². The van der Waals surface area contributed by atoms with Crippen LogP contribution >= 0.6 is 34.8 Å². The van der Waals surface area contributed by atoms with E-state index in [9.17, 15) is 9.59 Å². The van der Waals surface area contributed by atoms with Crippen LogP contribution in [0.15, 0.2) is 42.5 Å². The van der Waals surface area contributed by atoms with Crippen molar-refractivity contribution in [1.82, 2.24) is 10.2 Å². The van der Waals surface area contributed by atoms with Gasteiger partial charge in [0.15, 0.2) is 0 Å². The molecule has 1 aliphatic rings. The largest absolute Gasteiger partial charge is 0.352 e. The van der Waals surface area contributed by atoms with E-state index in [4.69, 9.17) is 34.8 Å². The standard InChI is InChI=1S/C26H31Cl3N2O2/c1-2-24(26(33)30-20-9-4-3-5-10-20)31(17-18-12-14-22(28)23(29)16-18)25(32)15-13-19-8-6-7-11-21(19)27/h6-8,11-12,14,16,20,24H,2-5,9-10,13,15,17H2,1H3,(H,30,33). The van der Waals surface area contributed by atoms with Crippen molar-refractivity contribution in [1.29, 1.82) is 0 Å². The lowest BCUT2D eigenvalue weighted by molar-refractivity contribution is -0.141. The lowest BCUT2D eigenvalue weighted by atomic mass is 9.95. The molecule has 0 radical (unpaired) electrons. The number of hydrogen-bond acceptors (Lipinski definition) is 2. The Labute approximate surface area is 211 Å². The summed E-state index contributed by atoms with van der Waals surface area (Å²) in [6, 6.07) is 12.5. The Morgan fingerprint density at radius 2 is 1.73 bits per heavy atom. The Bertz CT molecular complexity index is 960. The van der Waals surface area contributed by atoms with E-state index in [2.05, 4.69) is 5.32 Å². The van der Waals surface area contributed by atoms with Crippen LogP contribution in [-0.4, -0.2) is 28.8 Å². The fourth-order valence-corrected chi connectivity index (χ4v) is 4.94. The van der Waals surface area contributed by atoms with Crippen molar-refractivity contribution in [3.63, 3.8) is 0 Å². The lowest BCUT2D eigenvalue weighted by Gasteiger charge is -2.33. The number of halogens is 3. The highest BCUT2D eigenvalue weighted by molar-refractivity contribution is 6.42. The zero-order chi connectivity index (χ0) is 23.8. The first kappa shape index (κ1) is 25.9. The van der Waals surface area contributed by atoms with Crippen LogP contribution in [0.1, 0.15) is 63.0 Å². The van der Waals surface area contributed by atoms with Gasteiger partial charge in [-0.25, -0.2) is 0 Å². The van der Waals surface area contributed by atoms with Gasteiger partial charge in [-0.05, 0) is 55.0 Å². The smallest absolute Gasteiger partial charge is 0.243 e. The first-order valence-corrected chi connectivity index (χ1v) is 12.8. The van der Waals surface area contributed by atoms with Crippen molar-refractivity contribution < 1.29 is 9.59 Å². The van der Waals surface area contributed by atoms with Crippen molar-refractivity contribution in [2.75, 3.05) is 0 Å². The van der Waals surface area contributed by atoms with Crippen molar-refractivity contribution in [2.24, 2.45) is 0 Å². The molecule has 1 aliphatic carbocycles. The second-order valence-electron chi connectivity index (χ2n) is 8.63. The molecule has 1 N–H and O–H groups in total. The molecular weight excluding hydrogens is 479 g/mol. The normalized spacial score (nSPS) is 15.2. The second-order valence-corrected chi connectivity index (χ2v) is 9.85. The molecule has 178 valence electrons. The van der Waals surface area contributed by atoms with E-state index >= 15 is 0 Å². The summed E-state index contributed by atoms with van der Waals surface area (Å²) in [6.45, 7) is 2.23. The minimum Gasteiger partial charge on any atom is -0.352 e. The molecule has 2 amide bonds. The van der Waals surface area contributed by atoms with Crippen molar-refractivity contribution in [3.05, 3.63) is 68.7 Å². The van der Waals surface area contributed by atoms with Gasteiger partial charge in [-0.3, -0.25) is 9.59 Å². The van der Waals surface area contributed by atoms with Crippen molar-refractivity contribution >= 4 is 46.6 Å². The number of carbonyl (C=O) groups excluding carboxylic acids is 2. The monoisotopic (exact) mass is 508 g/mol. The molecule has 7 heteroatoms. The van der Waals surface area contributed by atoms with Crippen LogP contribution in [-0.2, 0) is 22.6 Å². The third-order valence-electron chi connectivity index (χ3n) is 6.24. The number of nitrogens with zero attached hydrogens (tertiary/aromatic N) is 1. The van der Waals surface area contributed by atoms with Gasteiger partial charge >= 0.3 is 0 Å². The number of hydrogen-bond donors (Lipinski definition) is 1. The molecule has 0 heterocycles. The Morgan fingerprint density at radius 3 is 2.39 bits per heavy atom. The van der Waals surface area contributed by atoms with E-state index in [0.717, 1.165) is 36.8 Å². The molecule has 3 rings (SSSR count). The first-order valence-electron chi connectivity index (χ1n) is 11.7. The van der Waals surface area contributed by atoms with E-state index < -0.39 is 6.04 Å². The molecule has 1 fully saturated rings. The summed E-state index contributed by atoms with van der Waals surface area (Å²) < 4.78 is 0. The second kappa shape index (κ2) is 12.6. The predicted octanol–water partition coefficient (Wildman–Crippen LogP) is 6.84. The molecule has 0 saturated heterocycles. The maximum atomic E-state index is 13.4. The van der Waals surface area contributed by atoms with Crippen molar-refractivity contribution in [3.8, 4) is 0 Å². The van der Waals surface area contributed by atoms with Crippen LogP contribution in [0.25, 0.3) is 0 Å². The van der Waals surface area contributed by atoms with Gasteiger partial charge in [0.25, 0.3) is 0 Å².